The van der Waals surface area contributed by atoms with E-state index >= 15 is 0 Å². The average Bonchev–Trinajstić information content (AvgIpc) is 2.77. The van der Waals surface area contributed by atoms with Crippen LogP contribution in [0.25, 0.3) is 0 Å². The van der Waals surface area contributed by atoms with Gasteiger partial charge < -0.3 is 10.6 Å². The second-order valence-corrected chi connectivity index (χ2v) is 4.14. The fourth-order valence-electron chi connectivity index (χ4n) is 1.85. The first-order valence-electron chi connectivity index (χ1n) is 5.44. The molecule has 0 bridgehead atoms. The highest BCUT2D eigenvalue weighted by Crippen LogP contribution is 2.16. The molecule has 1 saturated heterocycles. The molecule has 5 heteroatoms. The predicted molar refractivity (Wildman–Crippen MR) is 68.0 cm³/mol. The summed E-state index contributed by atoms with van der Waals surface area (Å²) in [5.41, 5.74) is 1.21. The lowest BCUT2D eigenvalue weighted by Crippen LogP contribution is -2.24. The van der Waals surface area contributed by atoms with E-state index in [2.05, 4.69) is 10.6 Å². The standard InChI is InChI=1S/C12H15FN2O.ClH/c1-8-6-10(2-3-11(8)13)15-12(16)9-4-5-14-7-9;/h2-3,6,9,14H,4-5,7H2,1H3,(H,15,16);1H/t9-;/m0./s1. The molecule has 0 unspecified atom stereocenters. The highest BCUT2D eigenvalue weighted by molar-refractivity contribution is 5.92. The van der Waals surface area contributed by atoms with Crippen LogP contribution >= 0.6 is 12.4 Å². The zero-order valence-electron chi connectivity index (χ0n) is 9.63. The van der Waals surface area contributed by atoms with E-state index in [1.54, 1.807) is 19.1 Å². The van der Waals surface area contributed by atoms with E-state index in [1.807, 2.05) is 0 Å². The van der Waals surface area contributed by atoms with Crippen molar-refractivity contribution in [2.24, 2.45) is 5.92 Å². The SMILES string of the molecule is Cc1cc(NC(=O)[C@H]2CCNC2)ccc1F.Cl. The molecule has 1 aromatic carbocycles. The Labute approximate surface area is 106 Å². The Kier molecular flexibility index (Phi) is 4.90. The summed E-state index contributed by atoms with van der Waals surface area (Å²) in [6.45, 7) is 3.30. The topological polar surface area (TPSA) is 41.1 Å². The third-order valence-corrected chi connectivity index (χ3v) is 2.86. The molecule has 17 heavy (non-hydrogen) atoms. The summed E-state index contributed by atoms with van der Waals surface area (Å²) in [5.74, 6) is -0.207. The van der Waals surface area contributed by atoms with Crippen molar-refractivity contribution >= 4 is 24.0 Å². The van der Waals surface area contributed by atoms with Gasteiger partial charge in [0.15, 0.2) is 0 Å². The summed E-state index contributed by atoms with van der Waals surface area (Å²) in [6, 6.07) is 4.61. The quantitative estimate of drug-likeness (QED) is 0.853. The zero-order valence-corrected chi connectivity index (χ0v) is 10.4. The van der Waals surface area contributed by atoms with E-state index in [1.165, 1.54) is 6.07 Å². The molecular formula is C12H16ClFN2O. The molecule has 2 N–H and O–H groups in total. The van der Waals surface area contributed by atoms with Gasteiger partial charge >= 0.3 is 0 Å². The number of halogens is 2. The third kappa shape index (κ3) is 3.41. The molecule has 2 rings (SSSR count). The number of hydrogen-bond donors (Lipinski definition) is 2. The molecule has 1 atom stereocenters. The van der Waals surface area contributed by atoms with Crippen molar-refractivity contribution < 1.29 is 9.18 Å². The summed E-state index contributed by atoms with van der Waals surface area (Å²) in [5, 5.41) is 5.94. The van der Waals surface area contributed by atoms with E-state index in [-0.39, 0.29) is 30.0 Å². The Balaban J connectivity index is 0.00000144. The molecule has 0 saturated carbocycles. The lowest BCUT2D eigenvalue weighted by molar-refractivity contribution is -0.119. The highest BCUT2D eigenvalue weighted by Gasteiger charge is 2.22. The van der Waals surface area contributed by atoms with Gasteiger partial charge in [-0.15, -0.1) is 12.4 Å². The van der Waals surface area contributed by atoms with Crippen molar-refractivity contribution in [2.75, 3.05) is 18.4 Å². The molecule has 0 spiro atoms. The van der Waals surface area contributed by atoms with Gasteiger partial charge in [0, 0.05) is 12.2 Å². The van der Waals surface area contributed by atoms with Crippen LogP contribution in [0.4, 0.5) is 10.1 Å². The average molecular weight is 259 g/mol. The number of anilines is 1. The smallest absolute Gasteiger partial charge is 0.228 e. The minimum Gasteiger partial charge on any atom is -0.326 e. The number of nitrogens with one attached hydrogen (secondary N) is 2. The van der Waals surface area contributed by atoms with Gasteiger partial charge in [0.05, 0.1) is 5.92 Å². The highest BCUT2D eigenvalue weighted by atomic mass is 35.5. The first-order chi connectivity index (χ1) is 7.66. The molecule has 1 amide bonds. The minimum absolute atomic E-state index is 0. The number of benzene rings is 1. The summed E-state index contributed by atoms with van der Waals surface area (Å²) in [6.07, 6.45) is 0.867. The molecule has 1 aliphatic heterocycles. The molecule has 94 valence electrons. The Morgan fingerprint density at radius 2 is 2.29 bits per heavy atom. The van der Waals surface area contributed by atoms with Crippen molar-refractivity contribution in [3.8, 4) is 0 Å². The Hall–Kier alpha value is -1.13. The van der Waals surface area contributed by atoms with Crippen LogP contribution in [0.3, 0.4) is 0 Å². The first-order valence-corrected chi connectivity index (χ1v) is 5.44. The fraction of sp³-hybridized carbons (Fsp3) is 0.417. The van der Waals surface area contributed by atoms with Crippen LogP contribution in [-0.2, 0) is 4.79 Å². The predicted octanol–water partition coefficient (Wildman–Crippen LogP) is 2.10. The lowest BCUT2D eigenvalue weighted by Gasteiger charge is -2.10. The molecule has 0 aliphatic carbocycles. The number of aryl methyl sites for hydroxylation is 1. The number of rotatable bonds is 2. The number of carbonyl (C=O) groups excluding carboxylic acids is 1. The van der Waals surface area contributed by atoms with E-state index < -0.39 is 0 Å². The van der Waals surface area contributed by atoms with Crippen molar-refractivity contribution in [1.29, 1.82) is 0 Å². The normalized spacial score (nSPS) is 18.6. The maximum absolute atomic E-state index is 13.0. The Morgan fingerprint density at radius 3 is 2.88 bits per heavy atom. The number of carbonyl (C=O) groups is 1. The second-order valence-electron chi connectivity index (χ2n) is 4.14. The summed E-state index contributed by atoms with van der Waals surface area (Å²) >= 11 is 0. The number of amides is 1. The van der Waals surface area contributed by atoms with Gasteiger partial charge in [0.2, 0.25) is 5.91 Å². The van der Waals surface area contributed by atoms with Gasteiger partial charge in [-0.1, -0.05) is 0 Å². The summed E-state index contributed by atoms with van der Waals surface area (Å²) < 4.78 is 13.0. The molecule has 1 aliphatic rings. The van der Waals surface area contributed by atoms with Gasteiger partial charge in [-0.2, -0.15) is 0 Å². The van der Waals surface area contributed by atoms with Crippen molar-refractivity contribution in [3.05, 3.63) is 29.6 Å². The third-order valence-electron chi connectivity index (χ3n) is 2.86. The van der Waals surface area contributed by atoms with Crippen molar-refractivity contribution in [3.63, 3.8) is 0 Å². The van der Waals surface area contributed by atoms with Crippen LogP contribution < -0.4 is 10.6 Å². The minimum atomic E-state index is -0.250. The molecule has 0 aromatic heterocycles. The van der Waals surface area contributed by atoms with Gasteiger partial charge in [-0.3, -0.25) is 4.79 Å². The molecular weight excluding hydrogens is 243 g/mol. The molecule has 1 heterocycles. The second kappa shape index (κ2) is 5.98. The Morgan fingerprint density at radius 1 is 1.53 bits per heavy atom. The van der Waals surface area contributed by atoms with Crippen LogP contribution in [-0.4, -0.2) is 19.0 Å². The molecule has 1 fully saturated rings. The van der Waals surface area contributed by atoms with Gasteiger partial charge in [0.25, 0.3) is 0 Å². The van der Waals surface area contributed by atoms with Crippen LogP contribution in [0.5, 0.6) is 0 Å². The van der Waals surface area contributed by atoms with E-state index in [9.17, 15) is 9.18 Å². The zero-order chi connectivity index (χ0) is 11.5. The molecule has 1 aromatic rings. The number of hydrogen-bond acceptors (Lipinski definition) is 2. The van der Waals surface area contributed by atoms with E-state index in [4.69, 9.17) is 0 Å². The van der Waals surface area contributed by atoms with Crippen LogP contribution in [0.1, 0.15) is 12.0 Å². The van der Waals surface area contributed by atoms with Gasteiger partial charge in [-0.05, 0) is 43.7 Å². The van der Waals surface area contributed by atoms with E-state index in [0.29, 0.717) is 11.3 Å². The monoisotopic (exact) mass is 258 g/mol. The maximum atomic E-state index is 13.0. The van der Waals surface area contributed by atoms with Crippen LogP contribution in [0, 0.1) is 18.7 Å². The van der Waals surface area contributed by atoms with Gasteiger partial charge in [-0.25, -0.2) is 4.39 Å². The lowest BCUT2D eigenvalue weighted by atomic mass is 10.1. The molecule has 3 nitrogen and oxygen atoms in total. The van der Waals surface area contributed by atoms with Crippen molar-refractivity contribution in [1.82, 2.24) is 5.32 Å². The molecule has 0 radical (unpaired) electrons. The Bertz CT molecular complexity index is 405. The fourth-order valence-corrected chi connectivity index (χ4v) is 1.85. The maximum Gasteiger partial charge on any atom is 0.228 e. The van der Waals surface area contributed by atoms with Crippen molar-refractivity contribution in [2.45, 2.75) is 13.3 Å². The largest absolute Gasteiger partial charge is 0.326 e. The summed E-state index contributed by atoms with van der Waals surface area (Å²) in [7, 11) is 0. The van der Waals surface area contributed by atoms with Gasteiger partial charge in [0.1, 0.15) is 5.82 Å². The van der Waals surface area contributed by atoms with Crippen LogP contribution in [0.2, 0.25) is 0 Å². The van der Waals surface area contributed by atoms with Crippen LogP contribution in [0.15, 0.2) is 18.2 Å². The first kappa shape index (κ1) is 13.9. The summed E-state index contributed by atoms with van der Waals surface area (Å²) in [4.78, 5) is 11.8. The van der Waals surface area contributed by atoms with E-state index in [0.717, 1.165) is 19.5 Å².